The first kappa shape index (κ1) is 26.4. The van der Waals surface area contributed by atoms with Crippen LogP contribution in [0.3, 0.4) is 0 Å². The van der Waals surface area contributed by atoms with E-state index < -0.39 is 12.7 Å². The molecule has 6 nitrogen and oxygen atoms in total. The zero-order chi connectivity index (χ0) is 22.3. The number of nitrogens with one attached hydrogen (secondary N) is 1. The zero-order valence-corrected chi connectivity index (χ0v) is 20.9. The molecule has 1 aromatic heterocycles. The molecule has 0 amide bonds. The third-order valence-electron chi connectivity index (χ3n) is 5.57. The minimum absolute atomic E-state index is 0. The molecule has 1 aromatic carbocycles. The van der Waals surface area contributed by atoms with Gasteiger partial charge in [0.2, 0.25) is 0 Å². The smallest absolute Gasteiger partial charge is 0.349 e. The maximum absolute atomic E-state index is 12.7. The van der Waals surface area contributed by atoms with Crippen molar-refractivity contribution in [3.05, 3.63) is 54.1 Å². The largest absolute Gasteiger partial charge is 0.401 e. The number of hydrogen-bond donors (Lipinski definition) is 1. The van der Waals surface area contributed by atoms with Crippen molar-refractivity contribution in [1.29, 1.82) is 0 Å². The summed E-state index contributed by atoms with van der Waals surface area (Å²) in [5.41, 5.74) is 1.20. The van der Waals surface area contributed by atoms with Gasteiger partial charge >= 0.3 is 6.18 Å². The van der Waals surface area contributed by atoms with Crippen molar-refractivity contribution >= 4 is 29.9 Å². The average Bonchev–Trinajstić information content (AvgIpc) is 3.37. The summed E-state index contributed by atoms with van der Waals surface area (Å²) in [6.07, 6.45) is 0.443. The molecule has 0 bridgehead atoms. The highest BCUT2D eigenvalue weighted by Crippen LogP contribution is 2.21. The molecule has 0 spiro atoms. The van der Waals surface area contributed by atoms with E-state index in [2.05, 4.69) is 36.9 Å². The maximum Gasteiger partial charge on any atom is 0.401 e. The summed E-state index contributed by atoms with van der Waals surface area (Å²) in [6, 6.07) is 10.2. The molecule has 1 aliphatic heterocycles. The molecular formula is C22H32F3IN6. The Bertz CT molecular complexity index is 840. The van der Waals surface area contributed by atoms with Gasteiger partial charge in [-0.05, 0) is 24.4 Å². The monoisotopic (exact) mass is 564 g/mol. The highest BCUT2D eigenvalue weighted by Gasteiger charge is 2.33. The Labute approximate surface area is 204 Å². The van der Waals surface area contributed by atoms with Crippen molar-refractivity contribution in [3.8, 4) is 0 Å². The van der Waals surface area contributed by atoms with Crippen LogP contribution >= 0.6 is 24.0 Å². The fourth-order valence-corrected chi connectivity index (χ4v) is 4.02. The van der Waals surface area contributed by atoms with Gasteiger partial charge in [-0.3, -0.25) is 9.89 Å². The van der Waals surface area contributed by atoms with Crippen LogP contribution in [0.2, 0.25) is 0 Å². The number of hydrogen-bond acceptors (Lipinski definition) is 3. The quantitative estimate of drug-likeness (QED) is 0.301. The highest BCUT2D eigenvalue weighted by atomic mass is 127. The lowest BCUT2D eigenvalue weighted by Crippen LogP contribution is -2.41. The number of aliphatic imine (C=N–C) groups is 1. The molecule has 3 rings (SSSR count). The zero-order valence-electron chi connectivity index (χ0n) is 18.6. The molecule has 1 saturated heterocycles. The molecule has 1 fully saturated rings. The lowest BCUT2D eigenvalue weighted by Gasteiger charge is -2.26. The molecule has 2 aromatic rings. The van der Waals surface area contributed by atoms with Crippen LogP contribution in [0, 0.1) is 5.92 Å². The summed E-state index contributed by atoms with van der Waals surface area (Å²) in [7, 11) is 1.73. The van der Waals surface area contributed by atoms with Crippen LogP contribution in [-0.2, 0) is 13.1 Å². The lowest BCUT2D eigenvalue weighted by atomic mass is 10.1. The second-order valence-corrected chi connectivity index (χ2v) is 7.90. The van der Waals surface area contributed by atoms with Crippen LogP contribution in [0.25, 0.3) is 0 Å². The lowest BCUT2D eigenvalue weighted by molar-refractivity contribution is -0.146. The minimum atomic E-state index is -4.16. The first-order valence-corrected chi connectivity index (χ1v) is 10.7. The number of benzene rings is 1. The molecule has 1 unspecified atom stereocenters. The molecule has 1 atom stereocenters. The van der Waals surface area contributed by atoms with Crippen LogP contribution in [0.1, 0.15) is 24.7 Å². The van der Waals surface area contributed by atoms with E-state index in [0.717, 1.165) is 31.3 Å². The van der Waals surface area contributed by atoms with E-state index in [4.69, 9.17) is 0 Å². The summed E-state index contributed by atoms with van der Waals surface area (Å²) in [5, 5.41) is 3.37. The molecular weight excluding hydrogens is 532 g/mol. The van der Waals surface area contributed by atoms with Gasteiger partial charge in [-0.2, -0.15) is 13.2 Å². The first-order valence-electron chi connectivity index (χ1n) is 10.7. The van der Waals surface area contributed by atoms with E-state index in [0.29, 0.717) is 26.2 Å². The molecule has 1 aliphatic rings. The van der Waals surface area contributed by atoms with Gasteiger partial charge in [0, 0.05) is 45.6 Å². The third kappa shape index (κ3) is 7.95. The van der Waals surface area contributed by atoms with E-state index >= 15 is 0 Å². The number of imidazole rings is 1. The number of aromatic nitrogens is 2. The predicted molar refractivity (Wildman–Crippen MR) is 131 cm³/mol. The van der Waals surface area contributed by atoms with Crippen molar-refractivity contribution in [2.75, 3.05) is 39.8 Å². The topological polar surface area (TPSA) is 48.7 Å². The molecule has 1 N–H and O–H groups in total. The number of guanidine groups is 1. The normalized spacial score (nSPS) is 17.0. The van der Waals surface area contributed by atoms with E-state index in [9.17, 15) is 13.2 Å². The average molecular weight is 564 g/mol. The summed E-state index contributed by atoms with van der Waals surface area (Å²) in [6.45, 7) is 4.53. The Morgan fingerprint density at radius 1 is 1.28 bits per heavy atom. The summed E-state index contributed by atoms with van der Waals surface area (Å²) in [5.74, 6) is 1.86. The number of nitrogens with zero attached hydrogens (tertiary/aromatic N) is 5. The van der Waals surface area contributed by atoms with Crippen LogP contribution in [0.15, 0.2) is 47.7 Å². The number of halogens is 4. The second kappa shape index (κ2) is 12.4. The van der Waals surface area contributed by atoms with Gasteiger partial charge in [-0.25, -0.2) is 4.98 Å². The van der Waals surface area contributed by atoms with E-state index in [1.165, 1.54) is 10.5 Å². The molecule has 0 radical (unpaired) electrons. The number of rotatable bonds is 8. The molecule has 0 saturated carbocycles. The Morgan fingerprint density at radius 2 is 2.03 bits per heavy atom. The first-order chi connectivity index (χ1) is 14.9. The maximum atomic E-state index is 12.7. The predicted octanol–water partition coefficient (Wildman–Crippen LogP) is 3.83. The van der Waals surface area contributed by atoms with Gasteiger partial charge in [0.25, 0.3) is 0 Å². The minimum Gasteiger partial charge on any atom is -0.349 e. The Balaban J connectivity index is 0.00000363. The van der Waals surface area contributed by atoms with Gasteiger partial charge in [0.1, 0.15) is 5.82 Å². The fraction of sp³-hybridized carbons (Fsp3) is 0.545. The molecule has 10 heteroatoms. The van der Waals surface area contributed by atoms with Crippen molar-refractivity contribution in [1.82, 2.24) is 24.7 Å². The molecule has 178 valence electrons. The molecule has 32 heavy (non-hydrogen) atoms. The standard InChI is InChI=1S/C22H31F3N6.HI/c1-3-29(17-22(23,24)25)14-19-9-11-31(16-19)21(26-2)28-13-20-27-10-12-30(20)15-18-7-5-4-6-8-18;/h4-8,10,12,19H,3,9,11,13-17H2,1-2H3,(H,26,28);1H. The van der Waals surface area contributed by atoms with Crippen molar-refractivity contribution in [2.45, 2.75) is 32.6 Å². The Hall–Kier alpha value is -1.82. The second-order valence-electron chi connectivity index (χ2n) is 7.90. The van der Waals surface area contributed by atoms with E-state index in [1.807, 2.05) is 24.4 Å². The van der Waals surface area contributed by atoms with E-state index in [-0.39, 0.29) is 29.9 Å². The SMILES string of the molecule is CCN(CC1CCN(C(=NC)NCc2nccn2Cc2ccccc2)C1)CC(F)(F)F.I. The van der Waals surface area contributed by atoms with Crippen molar-refractivity contribution in [2.24, 2.45) is 10.9 Å². The van der Waals surface area contributed by atoms with Crippen LogP contribution in [0.5, 0.6) is 0 Å². The van der Waals surface area contributed by atoms with Crippen LogP contribution in [-0.4, -0.2) is 71.3 Å². The van der Waals surface area contributed by atoms with Gasteiger partial charge in [-0.1, -0.05) is 37.3 Å². The Kier molecular flexibility index (Phi) is 10.3. The van der Waals surface area contributed by atoms with Gasteiger partial charge in [0.15, 0.2) is 5.96 Å². The van der Waals surface area contributed by atoms with Crippen molar-refractivity contribution in [3.63, 3.8) is 0 Å². The summed E-state index contributed by atoms with van der Waals surface area (Å²) < 4.78 is 40.3. The van der Waals surface area contributed by atoms with Crippen LogP contribution < -0.4 is 5.32 Å². The van der Waals surface area contributed by atoms with Crippen molar-refractivity contribution < 1.29 is 13.2 Å². The molecule has 2 heterocycles. The number of alkyl halides is 3. The van der Waals surface area contributed by atoms with Gasteiger partial charge in [-0.15, -0.1) is 24.0 Å². The third-order valence-corrected chi connectivity index (χ3v) is 5.57. The summed E-state index contributed by atoms with van der Waals surface area (Å²) >= 11 is 0. The Morgan fingerprint density at radius 3 is 2.69 bits per heavy atom. The van der Waals surface area contributed by atoms with Gasteiger partial charge in [0.05, 0.1) is 13.1 Å². The van der Waals surface area contributed by atoms with E-state index in [1.54, 1.807) is 20.2 Å². The highest BCUT2D eigenvalue weighted by molar-refractivity contribution is 14.0. The summed E-state index contributed by atoms with van der Waals surface area (Å²) in [4.78, 5) is 12.4. The molecule has 0 aliphatic carbocycles. The fourth-order valence-electron chi connectivity index (χ4n) is 4.02. The number of likely N-dealkylation sites (tertiary alicyclic amines) is 1. The van der Waals surface area contributed by atoms with Gasteiger partial charge < -0.3 is 14.8 Å². The van der Waals surface area contributed by atoms with Crippen LogP contribution in [0.4, 0.5) is 13.2 Å².